The monoisotopic (exact) mass is 308 g/mol. The van der Waals surface area contributed by atoms with Crippen molar-refractivity contribution in [1.82, 2.24) is 4.98 Å². The summed E-state index contributed by atoms with van der Waals surface area (Å²) in [6.45, 7) is 0. The SMILES string of the molecule is Cl.Nc1c(I)cnc(Cl)c1F. The molecular weight excluding hydrogens is 305 g/mol. The first kappa shape index (κ1) is 11.2. The molecule has 1 aromatic heterocycles. The van der Waals surface area contributed by atoms with Crippen LogP contribution in [0.1, 0.15) is 0 Å². The zero-order valence-corrected chi connectivity index (χ0v) is 8.87. The maximum absolute atomic E-state index is 12.7. The van der Waals surface area contributed by atoms with Crippen molar-refractivity contribution in [2.75, 3.05) is 5.73 Å². The van der Waals surface area contributed by atoms with E-state index in [0.717, 1.165) is 0 Å². The Morgan fingerprint density at radius 1 is 1.64 bits per heavy atom. The first-order chi connectivity index (χ1) is 4.63. The van der Waals surface area contributed by atoms with E-state index in [0.29, 0.717) is 3.57 Å². The Balaban J connectivity index is 0.000001000. The fourth-order valence-electron chi connectivity index (χ4n) is 0.456. The normalized spacial score (nSPS) is 9.00. The van der Waals surface area contributed by atoms with Crippen molar-refractivity contribution in [3.63, 3.8) is 0 Å². The Morgan fingerprint density at radius 2 is 2.18 bits per heavy atom. The molecule has 0 aliphatic carbocycles. The van der Waals surface area contributed by atoms with Gasteiger partial charge in [0.05, 0.1) is 9.26 Å². The van der Waals surface area contributed by atoms with Crippen molar-refractivity contribution in [1.29, 1.82) is 0 Å². The number of rotatable bonds is 0. The standard InChI is InChI=1S/C5H3ClFIN2.ClH/c6-5-3(7)4(9)2(8)1-10-5;/h1H,(H2,9,10);1H. The van der Waals surface area contributed by atoms with Crippen LogP contribution in [0.15, 0.2) is 6.20 Å². The van der Waals surface area contributed by atoms with Gasteiger partial charge < -0.3 is 5.73 Å². The molecule has 62 valence electrons. The predicted molar refractivity (Wildman–Crippen MR) is 53.6 cm³/mol. The van der Waals surface area contributed by atoms with Crippen molar-refractivity contribution < 1.29 is 4.39 Å². The summed E-state index contributed by atoms with van der Waals surface area (Å²) in [4.78, 5) is 3.54. The number of pyridine rings is 1. The van der Waals surface area contributed by atoms with Gasteiger partial charge in [0.2, 0.25) is 0 Å². The molecule has 1 aromatic rings. The van der Waals surface area contributed by atoms with Crippen LogP contribution in [0.3, 0.4) is 0 Å². The summed E-state index contributed by atoms with van der Waals surface area (Å²) in [7, 11) is 0. The molecule has 0 amide bonds. The lowest BCUT2D eigenvalue weighted by Crippen LogP contribution is -1.96. The van der Waals surface area contributed by atoms with Crippen LogP contribution in [-0.2, 0) is 0 Å². The highest BCUT2D eigenvalue weighted by Crippen LogP contribution is 2.21. The maximum Gasteiger partial charge on any atom is 0.184 e. The van der Waals surface area contributed by atoms with E-state index >= 15 is 0 Å². The van der Waals surface area contributed by atoms with Crippen LogP contribution in [0.2, 0.25) is 5.15 Å². The second-order valence-corrected chi connectivity index (χ2v) is 3.14. The van der Waals surface area contributed by atoms with Gasteiger partial charge in [0.1, 0.15) is 0 Å². The predicted octanol–water partition coefficient (Wildman–Crippen LogP) is 2.48. The Morgan fingerprint density at radius 3 is 2.64 bits per heavy atom. The molecule has 0 bridgehead atoms. The minimum atomic E-state index is -0.645. The van der Waals surface area contributed by atoms with Crippen molar-refractivity contribution in [2.24, 2.45) is 0 Å². The number of aromatic nitrogens is 1. The van der Waals surface area contributed by atoms with E-state index in [1.54, 1.807) is 0 Å². The third-order valence-corrected chi connectivity index (χ3v) is 2.09. The quantitative estimate of drug-likeness (QED) is 0.591. The van der Waals surface area contributed by atoms with Gasteiger partial charge in [-0.15, -0.1) is 12.4 Å². The minimum Gasteiger partial charge on any atom is -0.395 e. The first-order valence-corrected chi connectivity index (χ1v) is 3.83. The van der Waals surface area contributed by atoms with Crippen molar-refractivity contribution in [3.05, 3.63) is 20.7 Å². The smallest absolute Gasteiger partial charge is 0.184 e. The molecule has 2 N–H and O–H groups in total. The Labute approximate surface area is 87.9 Å². The van der Waals surface area contributed by atoms with E-state index in [2.05, 4.69) is 4.98 Å². The van der Waals surface area contributed by atoms with Gasteiger partial charge in [-0.3, -0.25) is 0 Å². The lowest BCUT2D eigenvalue weighted by Gasteiger charge is -1.98. The van der Waals surface area contributed by atoms with Crippen LogP contribution in [0, 0.1) is 9.39 Å². The fraction of sp³-hybridized carbons (Fsp3) is 0. The molecule has 6 heteroatoms. The van der Waals surface area contributed by atoms with E-state index in [1.165, 1.54) is 6.20 Å². The van der Waals surface area contributed by atoms with Crippen LogP contribution in [-0.4, -0.2) is 4.98 Å². The van der Waals surface area contributed by atoms with Gasteiger partial charge in [-0.05, 0) is 22.6 Å². The Hall–Kier alpha value is 0.190. The van der Waals surface area contributed by atoms with Crippen molar-refractivity contribution >= 4 is 52.3 Å². The van der Waals surface area contributed by atoms with Crippen LogP contribution in [0.4, 0.5) is 10.1 Å². The molecule has 0 unspecified atom stereocenters. The van der Waals surface area contributed by atoms with Gasteiger partial charge in [0.15, 0.2) is 11.0 Å². The summed E-state index contributed by atoms with van der Waals surface area (Å²) in [5, 5.41) is -0.182. The van der Waals surface area contributed by atoms with Gasteiger partial charge in [0.25, 0.3) is 0 Å². The molecule has 1 heterocycles. The summed E-state index contributed by atoms with van der Waals surface area (Å²) in [5.41, 5.74) is 5.33. The van der Waals surface area contributed by atoms with Crippen LogP contribution in [0.5, 0.6) is 0 Å². The molecule has 0 aromatic carbocycles. The lowest BCUT2D eigenvalue weighted by molar-refractivity contribution is 0.626. The maximum atomic E-state index is 12.7. The Kier molecular flexibility index (Phi) is 4.35. The van der Waals surface area contributed by atoms with Gasteiger partial charge in [-0.25, -0.2) is 9.37 Å². The zero-order valence-electron chi connectivity index (χ0n) is 5.14. The second-order valence-electron chi connectivity index (χ2n) is 1.62. The molecule has 0 saturated carbocycles. The van der Waals surface area contributed by atoms with Crippen LogP contribution < -0.4 is 5.73 Å². The van der Waals surface area contributed by atoms with Gasteiger partial charge in [0, 0.05) is 6.20 Å². The van der Waals surface area contributed by atoms with Crippen molar-refractivity contribution in [2.45, 2.75) is 0 Å². The summed E-state index contributed by atoms with van der Waals surface area (Å²) in [6, 6.07) is 0. The molecule has 0 fully saturated rings. The molecule has 1 rings (SSSR count). The van der Waals surface area contributed by atoms with Gasteiger partial charge >= 0.3 is 0 Å². The van der Waals surface area contributed by atoms with E-state index in [9.17, 15) is 4.39 Å². The number of anilines is 1. The van der Waals surface area contributed by atoms with E-state index < -0.39 is 5.82 Å². The average molecular weight is 309 g/mol. The third-order valence-electron chi connectivity index (χ3n) is 0.966. The highest BCUT2D eigenvalue weighted by atomic mass is 127. The van der Waals surface area contributed by atoms with E-state index in [1.807, 2.05) is 22.6 Å². The summed E-state index contributed by atoms with van der Waals surface area (Å²) in [6.07, 6.45) is 1.42. The zero-order chi connectivity index (χ0) is 7.72. The van der Waals surface area contributed by atoms with Crippen LogP contribution in [0.25, 0.3) is 0 Å². The van der Waals surface area contributed by atoms with Gasteiger partial charge in [-0.2, -0.15) is 0 Å². The number of halogens is 4. The Bertz CT molecular complexity index is 242. The van der Waals surface area contributed by atoms with Crippen molar-refractivity contribution in [3.8, 4) is 0 Å². The molecular formula is C5H4Cl2FIN2. The number of hydrogen-bond donors (Lipinski definition) is 1. The number of hydrogen-bond acceptors (Lipinski definition) is 2. The molecule has 0 radical (unpaired) electrons. The topological polar surface area (TPSA) is 38.9 Å². The number of nitrogens with zero attached hydrogens (tertiary/aromatic N) is 1. The first-order valence-electron chi connectivity index (χ1n) is 2.38. The molecule has 0 spiro atoms. The largest absolute Gasteiger partial charge is 0.395 e. The lowest BCUT2D eigenvalue weighted by atomic mass is 10.4. The number of nitrogens with two attached hydrogens (primary N) is 1. The summed E-state index contributed by atoms with van der Waals surface area (Å²) >= 11 is 7.20. The fourth-order valence-corrected chi connectivity index (χ4v) is 0.982. The van der Waals surface area contributed by atoms with E-state index in [4.69, 9.17) is 17.3 Å². The molecule has 0 aliphatic rings. The second kappa shape index (κ2) is 4.27. The molecule has 2 nitrogen and oxygen atoms in total. The highest BCUT2D eigenvalue weighted by molar-refractivity contribution is 14.1. The highest BCUT2D eigenvalue weighted by Gasteiger charge is 2.07. The molecule has 0 saturated heterocycles. The molecule has 0 aliphatic heterocycles. The third kappa shape index (κ3) is 2.31. The summed E-state index contributed by atoms with van der Waals surface area (Å²) in [5.74, 6) is -0.645. The minimum absolute atomic E-state index is 0. The van der Waals surface area contributed by atoms with Gasteiger partial charge in [-0.1, -0.05) is 11.6 Å². The number of nitrogen functional groups attached to an aromatic ring is 1. The average Bonchev–Trinajstić information content (AvgIpc) is 1.93. The van der Waals surface area contributed by atoms with Crippen LogP contribution >= 0.6 is 46.6 Å². The molecule has 0 atom stereocenters. The summed E-state index contributed by atoms with van der Waals surface area (Å²) < 4.78 is 13.2. The molecule has 11 heavy (non-hydrogen) atoms. The van der Waals surface area contributed by atoms with E-state index in [-0.39, 0.29) is 23.2 Å².